The van der Waals surface area contributed by atoms with Crippen LogP contribution in [0.5, 0.6) is 0 Å². The molecule has 2 aliphatic heterocycles. The van der Waals surface area contributed by atoms with Gasteiger partial charge in [0.1, 0.15) is 0 Å². The van der Waals surface area contributed by atoms with Crippen molar-refractivity contribution < 1.29 is 9.53 Å². The van der Waals surface area contributed by atoms with Crippen LogP contribution in [0.1, 0.15) is 26.7 Å². The molecule has 116 valence electrons. The van der Waals surface area contributed by atoms with Crippen molar-refractivity contribution in [2.45, 2.75) is 44.8 Å². The van der Waals surface area contributed by atoms with Gasteiger partial charge in [0.05, 0.1) is 19.1 Å². The Morgan fingerprint density at radius 1 is 1.30 bits per heavy atom. The maximum Gasteiger partial charge on any atom is 0.229 e. The zero-order valence-electron chi connectivity index (χ0n) is 13.3. The van der Waals surface area contributed by atoms with E-state index in [1.165, 1.54) is 0 Å². The van der Waals surface area contributed by atoms with Gasteiger partial charge < -0.3 is 19.9 Å². The number of nitrogens with zero attached hydrogens (tertiary/aromatic N) is 2. The van der Waals surface area contributed by atoms with Gasteiger partial charge in [0, 0.05) is 38.3 Å². The van der Waals surface area contributed by atoms with Gasteiger partial charge in [-0.1, -0.05) is 0 Å². The van der Waals surface area contributed by atoms with E-state index < -0.39 is 0 Å². The summed E-state index contributed by atoms with van der Waals surface area (Å²) in [5.41, 5.74) is 0. The van der Waals surface area contributed by atoms with Gasteiger partial charge in [-0.3, -0.25) is 4.79 Å². The van der Waals surface area contributed by atoms with E-state index in [1.807, 2.05) is 19.0 Å². The minimum Gasteiger partial charge on any atom is -0.379 e. The van der Waals surface area contributed by atoms with Crippen LogP contribution in [0.3, 0.4) is 0 Å². The van der Waals surface area contributed by atoms with Crippen molar-refractivity contribution in [1.82, 2.24) is 15.1 Å². The standard InChI is InChI=1S/C15H29N3O2/c1-11(2)18-7-5-12(6-8-18)17(4)15(19)13-9-20-10-14(13)16-3/h11-14,16H,5-10H2,1-4H3. The predicted molar refractivity (Wildman–Crippen MR) is 79.7 cm³/mol. The molecule has 0 aromatic carbocycles. The highest BCUT2D eigenvalue weighted by Gasteiger charge is 2.37. The largest absolute Gasteiger partial charge is 0.379 e. The number of amides is 1. The highest BCUT2D eigenvalue weighted by Crippen LogP contribution is 2.22. The smallest absolute Gasteiger partial charge is 0.229 e. The van der Waals surface area contributed by atoms with Crippen molar-refractivity contribution in [3.63, 3.8) is 0 Å². The first kappa shape index (κ1) is 15.7. The maximum atomic E-state index is 12.6. The Balaban J connectivity index is 1.88. The molecule has 5 nitrogen and oxygen atoms in total. The molecule has 0 aromatic rings. The molecular weight excluding hydrogens is 254 g/mol. The van der Waals surface area contributed by atoms with Crippen molar-refractivity contribution in [1.29, 1.82) is 0 Å². The summed E-state index contributed by atoms with van der Waals surface area (Å²) in [6.45, 7) is 7.87. The van der Waals surface area contributed by atoms with Crippen molar-refractivity contribution in [3.8, 4) is 0 Å². The van der Waals surface area contributed by atoms with E-state index in [2.05, 4.69) is 24.1 Å². The fourth-order valence-corrected chi connectivity index (χ4v) is 3.31. The SMILES string of the molecule is CNC1COCC1C(=O)N(C)C1CCN(C(C)C)CC1. The van der Waals surface area contributed by atoms with E-state index in [9.17, 15) is 4.79 Å². The number of carbonyl (C=O) groups excluding carboxylic acids is 1. The lowest BCUT2D eigenvalue weighted by Crippen LogP contribution is -2.51. The molecule has 0 spiro atoms. The molecule has 2 heterocycles. The summed E-state index contributed by atoms with van der Waals surface area (Å²) in [4.78, 5) is 17.1. The average Bonchev–Trinajstić information content (AvgIpc) is 2.94. The van der Waals surface area contributed by atoms with Gasteiger partial charge in [-0.15, -0.1) is 0 Å². The van der Waals surface area contributed by atoms with Gasteiger partial charge >= 0.3 is 0 Å². The van der Waals surface area contributed by atoms with Crippen LogP contribution >= 0.6 is 0 Å². The second kappa shape index (κ2) is 6.87. The first-order valence-corrected chi connectivity index (χ1v) is 7.80. The first-order chi connectivity index (χ1) is 9.54. The average molecular weight is 283 g/mol. The van der Waals surface area contributed by atoms with Gasteiger partial charge in [0.25, 0.3) is 0 Å². The maximum absolute atomic E-state index is 12.6. The molecule has 0 aromatic heterocycles. The highest BCUT2D eigenvalue weighted by molar-refractivity contribution is 5.80. The molecule has 0 aliphatic carbocycles. The number of hydrogen-bond acceptors (Lipinski definition) is 4. The van der Waals surface area contributed by atoms with Crippen LogP contribution in [0.2, 0.25) is 0 Å². The van der Waals surface area contributed by atoms with Gasteiger partial charge in [0.2, 0.25) is 5.91 Å². The number of piperidine rings is 1. The van der Waals surface area contributed by atoms with Crippen LogP contribution in [0, 0.1) is 5.92 Å². The quantitative estimate of drug-likeness (QED) is 0.818. The molecule has 2 aliphatic rings. The van der Waals surface area contributed by atoms with Crippen molar-refractivity contribution in [3.05, 3.63) is 0 Å². The molecule has 2 atom stereocenters. The molecule has 1 N–H and O–H groups in total. The van der Waals surface area contributed by atoms with Gasteiger partial charge in [-0.2, -0.15) is 0 Å². The van der Waals surface area contributed by atoms with Crippen molar-refractivity contribution in [2.24, 2.45) is 5.92 Å². The molecule has 2 fully saturated rings. The van der Waals surface area contributed by atoms with E-state index in [0.29, 0.717) is 25.3 Å². The zero-order chi connectivity index (χ0) is 14.7. The summed E-state index contributed by atoms with van der Waals surface area (Å²) < 4.78 is 5.45. The molecule has 1 amide bonds. The minimum atomic E-state index is -0.0203. The van der Waals surface area contributed by atoms with Gasteiger partial charge in [-0.25, -0.2) is 0 Å². The van der Waals surface area contributed by atoms with Crippen LogP contribution in [-0.2, 0) is 9.53 Å². The van der Waals surface area contributed by atoms with E-state index >= 15 is 0 Å². The molecule has 2 saturated heterocycles. The fourth-order valence-electron chi connectivity index (χ4n) is 3.31. The monoisotopic (exact) mass is 283 g/mol. The van der Waals surface area contributed by atoms with Gasteiger partial charge in [0.15, 0.2) is 0 Å². The molecule has 2 unspecified atom stereocenters. The van der Waals surface area contributed by atoms with Gasteiger partial charge in [-0.05, 0) is 33.7 Å². The number of hydrogen-bond donors (Lipinski definition) is 1. The van der Waals surface area contributed by atoms with Crippen LogP contribution in [0.15, 0.2) is 0 Å². The lowest BCUT2D eigenvalue weighted by Gasteiger charge is -2.39. The number of likely N-dealkylation sites (N-methyl/N-ethyl adjacent to an activating group) is 1. The second-order valence-corrected chi connectivity index (χ2v) is 6.35. The topological polar surface area (TPSA) is 44.8 Å². The first-order valence-electron chi connectivity index (χ1n) is 7.80. The third-order valence-electron chi connectivity index (χ3n) is 4.89. The zero-order valence-corrected chi connectivity index (χ0v) is 13.3. The predicted octanol–water partition coefficient (Wildman–Crippen LogP) is 0.552. The number of carbonyl (C=O) groups is 1. The summed E-state index contributed by atoms with van der Waals surface area (Å²) in [5, 5.41) is 3.19. The Labute approximate surface area is 122 Å². The Morgan fingerprint density at radius 3 is 2.50 bits per heavy atom. The molecule has 20 heavy (non-hydrogen) atoms. The summed E-state index contributed by atoms with van der Waals surface area (Å²) >= 11 is 0. The summed E-state index contributed by atoms with van der Waals surface area (Å²) in [7, 11) is 3.86. The van der Waals surface area contributed by atoms with Crippen LogP contribution in [-0.4, -0.2) is 74.2 Å². The number of ether oxygens (including phenoxy) is 1. The lowest BCUT2D eigenvalue weighted by molar-refractivity contribution is -0.137. The highest BCUT2D eigenvalue weighted by atomic mass is 16.5. The number of rotatable bonds is 4. The van der Waals surface area contributed by atoms with E-state index in [-0.39, 0.29) is 17.9 Å². The van der Waals surface area contributed by atoms with Crippen molar-refractivity contribution in [2.75, 3.05) is 40.4 Å². The molecule has 2 rings (SSSR count). The van der Waals surface area contributed by atoms with E-state index in [4.69, 9.17) is 4.74 Å². The van der Waals surface area contributed by atoms with Crippen molar-refractivity contribution >= 4 is 5.91 Å². The van der Waals surface area contributed by atoms with Crippen LogP contribution < -0.4 is 5.32 Å². The second-order valence-electron chi connectivity index (χ2n) is 6.35. The Morgan fingerprint density at radius 2 is 1.95 bits per heavy atom. The van der Waals surface area contributed by atoms with Crippen LogP contribution in [0.4, 0.5) is 0 Å². The summed E-state index contributed by atoms with van der Waals surface area (Å²) in [6.07, 6.45) is 2.16. The summed E-state index contributed by atoms with van der Waals surface area (Å²) in [5.74, 6) is 0.220. The Bertz CT molecular complexity index is 327. The number of nitrogens with one attached hydrogen (secondary N) is 1. The molecule has 0 saturated carbocycles. The third kappa shape index (κ3) is 3.32. The Hall–Kier alpha value is -0.650. The van der Waals surface area contributed by atoms with E-state index in [0.717, 1.165) is 25.9 Å². The molecule has 5 heteroatoms. The summed E-state index contributed by atoms with van der Waals surface area (Å²) in [6, 6.07) is 1.16. The molecular formula is C15H29N3O2. The van der Waals surface area contributed by atoms with E-state index in [1.54, 1.807) is 0 Å². The molecule has 0 radical (unpaired) electrons. The molecule has 0 bridgehead atoms. The third-order valence-corrected chi connectivity index (χ3v) is 4.89. The number of likely N-dealkylation sites (tertiary alicyclic amines) is 1. The minimum absolute atomic E-state index is 0.0203. The normalized spacial score (nSPS) is 29.1. The Kier molecular flexibility index (Phi) is 5.41. The fraction of sp³-hybridized carbons (Fsp3) is 0.933. The lowest BCUT2D eigenvalue weighted by atomic mass is 9.98. The van der Waals surface area contributed by atoms with Crippen LogP contribution in [0.25, 0.3) is 0 Å².